The number of hydrogen-bond acceptors (Lipinski definition) is 4. The van der Waals surface area contributed by atoms with Gasteiger partial charge in [-0.2, -0.15) is 0 Å². The number of rotatable bonds is 9. The summed E-state index contributed by atoms with van der Waals surface area (Å²) in [5.41, 5.74) is 8.03. The summed E-state index contributed by atoms with van der Waals surface area (Å²) in [6.07, 6.45) is -1.53. The molecule has 0 bridgehead atoms. The molecule has 3 N–H and O–H groups in total. The van der Waals surface area contributed by atoms with Gasteiger partial charge >= 0.3 is 0 Å². The van der Waals surface area contributed by atoms with Crippen molar-refractivity contribution in [1.82, 2.24) is 15.1 Å². The summed E-state index contributed by atoms with van der Waals surface area (Å²) in [6, 6.07) is 15.8. The van der Waals surface area contributed by atoms with Crippen LogP contribution < -0.4 is 11.1 Å². The number of carbonyl (C=O) groups excluding carboxylic acids is 4. The molecule has 1 aliphatic heterocycles. The Bertz CT molecular complexity index is 1090. The van der Waals surface area contributed by atoms with Crippen molar-refractivity contribution < 1.29 is 23.6 Å². The Kier molecular flexibility index (Phi) is 8.79. The third-order valence-electron chi connectivity index (χ3n) is 6.35. The van der Waals surface area contributed by atoms with Gasteiger partial charge in [-0.1, -0.05) is 68.4 Å². The van der Waals surface area contributed by atoms with Crippen LogP contribution in [0.25, 0.3) is 0 Å². The average molecular weight is 497 g/mol. The molecule has 0 aromatic heterocycles. The van der Waals surface area contributed by atoms with E-state index in [0.717, 1.165) is 26.5 Å². The van der Waals surface area contributed by atoms with E-state index in [1.54, 1.807) is 0 Å². The van der Waals surface area contributed by atoms with Crippen LogP contribution in [0, 0.1) is 0 Å². The van der Waals surface area contributed by atoms with Crippen LogP contribution in [-0.2, 0) is 19.2 Å². The van der Waals surface area contributed by atoms with E-state index in [1.165, 1.54) is 6.92 Å². The Morgan fingerprint density at radius 3 is 2.14 bits per heavy atom. The second-order valence-electron chi connectivity index (χ2n) is 9.41. The topological polar surface area (TPSA) is 113 Å². The lowest BCUT2D eigenvalue weighted by atomic mass is 9.95. The van der Waals surface area contributed by atoms with E-state index < -0.39 is 55.0 Å². The van der Waals surface area contributed by atoms with Gasteiger partial charge in [0.1, 0.15) is 18.8 Å². The van der Waals surface area contributed by atoms with Gasteiger partial charge in [0.2, 0.25) is 23.6 Å². The van der Waals surface area contributed by atoms with Crippen molar-refractivity contribution in [2.75, 3.05) is 19.6 Å². The van der Waals surface area contributed by atoms with Gasteiger partial charge in [-0.15, -0.1) is 0 Å². The second kappa shape index (κ2) is 11.8. The highest BCUT2D eigenvalue weighted by Crippen LogP contribution is 2.27. The molecule has 4 amide bonds. The number of primary amides is 1. The minimum atomic E-state index is -1.38. The van der Waals surface area contributed by atoms with E-state index in [1.807, 2.05) is 54.6 Å². The van der Waals surface area contributed by atoms with Gasteiger partial charge in [0.15, 0.2) is 0 Å². The molecule has 1 saturated heterocycles. The smallest absolute Gasteiger partial charge is 0.243 e. The second-order valence-corrected chi connectivity index (χ2v) is 9.41. The van der Waals surface area contributed by atoms with Crippen LogP contribution in [0.3, 0.4) is 0 Å². The molecule has 3 atom stereocenters. The maximum absolute atomic E-state index is 14.4. The number of alkyl halides is 1. The molecule has 0 spiro atoms. The summed E-state index contributed by atoms with van der Waals surface area (Å²) in [6.45, 7) is 4.24. The molecule has 0 unspecified atom stereocenters. The first-order chi connectivity index (χ1) is 17.1. The number of likely N-dealkylation sites (tertiary alicyclic amines) is 1. The number of nitrogens with one attached hydrogen (secondary N) is 1. The standard InChI is InChI=1S/C27H33FN4O4/c1-17(2)19-9-11-21(12-10-19)26(20-7-5-4-6-8-20)30-27(36)23-13-22(28)14-32(23)25(35)16-31(18(3)33)15-24(29)34/h4-12,17,22-23,26H,13-16H2,1-3H3,(H2,29,34)(H,30,36)/t22-,23+,26+/m1/s1. The van der Waals surface area contributed by atoms with E-state index in [2.05, 4.69) is 19.2 Å². The maximum atomic E-state index is 14.4. The molecule has 1 heterocycles. The molecular weight excluding hydrogens is 463 g/mol. The van der Waals surface area contributed by atoms with Crippen LogP contribution >= 0.6 is 0 Å². The van der Waals surface area contributed by atoms with Gasteiger partial charge in [-0.25, -0.2) is 4.39 Å². The third-order valence-corrected chi connectivity index (χ3v) is 6.35. The SMILES string of the molecule is CC(=O)N(CC(N)=O)CC(=O)N1C[C@H](F)C[C@H]1C(=O)N[C@@H](c1ccccc1)c1ccc(C(C)C)cc1. The number of amides is 4. The molecule has 1 fully saturated rings. The third kappa shape index (κ3) is 6.68. The van der Waals surface area contributed by atoms with Crippen LogP contribution in [0.1, 0.15) is 55.8 Å². The van der Waals surface area contributed by atoms with Crippen LogP contribution in [-0.4, -0.2) is 65.3 Å². The number of nitrogens with two attached hydrogens (primary N) is 1. The summed E-state index contributed by atoms with van der Waals surface area (Å²) in [4.78, 5) is 51.6. The number of hydrogen-bond donors (Lipinski definition) is 2. The first kappa shape index (κ1) is 26.8. The van der Waals surface area contributed by atoms with Gasteiger partial charge in [-0.3, -0.25) is 19.2 Å². The molecule has 0 radical (unpaired) electrons. The minimum absolute atomic E-state index is 0.152. The van der Waals surface area contributed by atoms with Crippen LogP contribution in [0.15, 0.2) is 54.6 Å². The molecule has 9 heteroatoms. The minimum Gasteiger partial charge on any atom is -0.368 e. The van der Waals surface area contributed by atoms with E-state index in [-0.39, 0.29) is 13.0 Å². The van der Waals surface area contributed by atoms with Crippen LogP contribution in [0.4, 0.5) is 4.39 Å². The largest absolute Gasteiger partial charge is 0.368 e. The Morgan fingerprint density at radius 2 is 1.58 bits per heavy atom. The van der Waals surface area contributed by atoms with E-state index in [4.69, 9.17) is 5.73 Å². The fraction of sp³-hybridized carbons (Fsp3) is 0.407. The summed E-state index contributed by atoms with van der Waals surface area (Å²) in [7, 11) is 0. The predicted molar refractivity (Wildman–Crippen MR) is 133 cm³/mol. The zero-order valence-electron chi connectivity index (χ0n) is 20.8. The molecule has 8 nitrogen and oxygen atoms in total. The highest BCUT2D eigenvalue weighted by atomic mass is 19.1. The van der Waals surface area contributed by atoms with Crippen molar-refractivity contribution >= 4 is 23.6 Å². The number of halogens is 1. The van der Waals surface area contributed by atoms with Crippen molar-refractivity contribution in [1.29, 1.82) is 0 Å². The highest BCUT2D eigenvalue weighted by Gasteiger charge is 2.41. The summed E-state index contributed by atoms with van der Waals surface area (Å²) in [5, 5.41) is 3.00. The quantitative estimate of drug-likeness (QED) is 0.555. The van der Waals surface area contributed by atoms with Gasteiger partial charge < -0.3 is 20.9 Å². The summed E-state index contributed by atoms with van der Waals surface area (Å²) < 4.78 is 14.4. The molecule has 36 heavy (non-hydrogen) atoms. The van der Waals surface area contributed by atoms with Crippen molar-refractivity contribution in [3.8, 4) is 0 Å². The van der Waals surface area contributed by atoms with Crippen LogP contribution in [0.2, 0.25) is 0 Å². The molecule has 0 saturated carbocycles. The molecule has 2 aromatic rings. The fourth-order valence-corrected chi connectivity index (χ4v) is 4.35. The Hall–Kier alpha value is -3.75. The van der Waals surface area contributed by atoms with Gasteiger partial charge in [-0.05, 0) is 22.6 Å². The van der Waals surface area contributed by atoms with Crippen molar-refractivity contribution in [2.24, 2.45) is 5.73 Å². The lowest BCUT2D eigenvalue weighted by molar-refractivity contribution is -0.144. The summed E-state index contributed by atoms with van der Waals surface area (Å²) in [5.74, 6) is -2.05. The highest BCUT2D eigenvalue weighted by molar-refractivity contribution is 5.92. The molecular formula is C27H33FN4O4. The van der Waals surface area contributed by atoms with Gasteiger partial charge in [0.25, 0.3) is 0 Å². The van der Waals surface area contributed by atoms with Crippen LogP contribution in [0.5, 0.6) is 0 Å². The zero-order chi connectivity index (χ0) is 26.4. The lowest BCUT2D eigenvalue weighted by Crippen LogP contribution is -2.51. The Labute approximate surface area is 210 Å². The zero-order valence-corrected chi connectivity index (χ0v) is 20.8. The molecule has 1 aliphatic rings. The first-order valence-corrected chi connectivity index (χ1v) is 12.0. The first-order valence-electron chi connectivity index (χ1n) is 12.0. The van der Waals surface area contributed by atoms with Gasteiger partial charge in [0.05, 0.1) is 19.1 Å². The molecule has 0 aliphatic carbocycles. The monoisotopic (exact) mass is 496 g/mol. The fourth-order valence-electron chi connectivity index (χ4n) is 4.35. The number of carbonyl (C=O) groups is 4. The Morgan fingerprint density at radius 1 is 1.00 bits per heavy atom. The maximum Gasteiger partial charge on any atom is 0.243 e. The number of benzene rings is 2. The van der Waals surface area contributed by atoms with Gasteiger partial charge in [0, 0.05) is 13.3 Å². The number of nitrogens with zero attached hydrogens (tertiary/aromatic N) is 2. The van der Waals surface area contributed by atoms with E-state index >= 15 is 0 Å². The predicted octanol–water partition coefficient (Wildman–Crippen LogP) is 2.29. The van der Waals surface area contributed by atoms with Crippen molar-refractivity contribution in [3.05, 3.63) is 71.3 Å². The van der Waals surface area contributed by atoms with E-state index in [9.17, 15) is 23.6 Å². The molecule has 3 rings (SSSR count). The molecule has 2 aromatic carbocycles. The van der Waals surface area contributed by atoms with Crippen molar-refractivity contribution in [3.63, 3.8) is 0 Å². The van der Waals surface area contributed by atoms with Crippen molar-refractivity contribution in [2.45, 2.75) is 51.4 Å². The van der Waals surface area contributed by atoms with E-state index in [0.29, 0.717) is 5.92 Å². The average Bonchev–Trinajstić information content (AvgIpc) is 3.24. The summed E-state index contributed by atoms with van der Waals surface area (Å²) >= 11 is 0. The molecule has 192 valence electrons. The lowest BCUT2D eigenvalue weighted by Gasteiger charge is -2.29. The normalized spacial score (nSPS) is 18.1. The Balaban J connectivity index is 1.82.